The third-order valence-electron chi connectivity index (χ3n) is 4.08. The van der Waals surface area contributed by atoms with Gasteiger partial charge in [0.2, 0.25) is 5.91 Å². The zero-order valence-corrected chi connectivity index (χ0v) is 16.4. The summed E-state index contributed by atoms with van der Waals surface area (Å²) in [6.07, 6.45) is 0.804. The fraction of sp³-hybridized carbons (Fsp3) is 0.389. The molecule has 1 aromatic heterocycles. The molecule has 5 nitrogen and oxygen atoms in total. The number of aromatic nitrogens is 2. The van der Waals surface area contributed by atoms with Gasteiger partial charge in [-0.25, -0.2) is 4.98 Å². The fourth-order valence-corrected chi connectivity index (χ4v) is 4.62. The van der Waals surface area contributed by atoms with Gasteiger partial charge < -0.3 is 5.32 Å². The summed E-state index contributed by atoms with van der Waals surface area (Å²) in [5, 5.41) is 3.91. The summed E-state index contributed by atoms with van der Waals surface area (Å²) < 4.78 is 1.54. The number of carbonyl (C=O) groups excluding carboxylic acids is 1. The number of rotatable bonds is 4. The smallest absolute Gasteiger partial charge is 0.267 e. The van der Waals surface area contributed by atoms with Gasteiger partial charge in [0.1, 0.15) is 0 Å². The lowest BCUT2D eigenvalue weighted by atomic mass is 10.1. The summed E-state index contributed by atoms with van der Waals surface area (Å²) in [4.78, 5) is 30.1. The van der Waals surface area contributed by atoms with Crippen molar-refractivity contribution in [3.63, 3.8) is 0 Å². The van der Waals surface area contributed by atoms with Crippen molar-refractivity contribution in [3.05, 3.63) is 45.4 Å². The Morgan fingerprint density at radius 1 is 1.44 bits per heavy atom. The molecule has 0 radical (unpaired) electrons. The van der Waals surface area contributed by atoms with E-state index in [0.29, 0.717) is 10.4 Å². The standard InChI is InChI=1S/C18H21N3O2S2/c1-10-5-6-11(2)13(7-10)19-15(22)9-24-18-20-14-8-12(3)25-16(14)17(23)21(18)4/h5-7,12H,8-9H2,1-4H3,(H,19,22)/t12-/m1/s1. The Hall–Kier alpha value is -1.73. The Balaban J connectivity index is 1.71. The van der Waals surface area contributed by atoms with Gasteiger partial charge in [0.05, 0.1) is 16.3 Å². The SMILES string of the molecule is Cc1ccc(C)c(NC(=O)CSc2nc3c(c(=O)n2C)S[C@H](C)C3)c1. The number of hydrogen-bond acceptors (Lipinski definition) is 5. The zero-order valence-electron chi connectivity index (χ0n) is 14.8. The monoisotopic (exact) mass is 375 g/mol. The first-order chi connectivity index (χ1) is 11.8. The summed E-state index contributed by atoms with van der Waals surface area (Å²) in [6.45, 7) is 6.05. The van der Waals surface area contributed by atoms with Crippen LogP contribution in [0, 0.1) is 13.8 Å². The van der Waals surface area contributed by atoms with E-state index in [-0.39, 0.29) is 17.2 Å². The van der Waals surface area contributed by atoms with E-state index in [1.54, 1.807) is 23.4 Å². The molecule has 0 saturated carbocycles. The maximum absolute atomic E-state index is 12.4. The molecular formula is C18H21N3O2S2. The Kier molecular flexibility index (Phi) is 5.24. The summed E-state index contributed by atoms with van der Waals surface area (Å²) >= 11 is 2.88. The van der Waals surface area contributed by atoms with Crippen LogP contribution in [0.3, 0.4) is 0 Å². The molecule has 0 saturated heterocycles. The number of thioether (sulfide) groups is 2. The predicted octanol–water partition coefficient (Wildman–Crippen LogP) is 3.16. The molecule has 25 heavy (non-hydrogen) atoms. The van der Waals surface area contributed by atoms with E-state index < -0.39 is 0 Å². The summed E-state index contributed by atoms with van der Waals surface area (Å²) in [5.74, 6) is 0.117. The van der Waals surface area contributed by atoms with E-state index in [2.05, 4.69) is 17.2 Å². The van der Waals surface area contributed by atoms with Crippen molar-refractivity contribution in [2.75, 3.05) is 11.1 Å². The number of nitrogens with one attached hydrogen (secondary N) is 1. The van der Waals surface area contributed by atoms with E-state index >= 15 is 0 Å². The highest BCUT2D eigenvalue weighted by molar-refractivity contribution is 8.00. The maximum atomic E-state index is 12.4. The highest BCUT2D eigenvalue weighted by Gasteiger charge is 2.25. The van der Waals surface area contributed by atoms with Gasteiger partial charge in [-0.15, -0.1) is 11.8 Å². The largest absolute Gasteiger partial charge is 0.325 e. The lowest BCUT2D eigenvalue weighted by molar-refractivity contribution is -0.113. The van der Waals surface area contributed by atoms with Crippen LogP contribution in [0.2, 0.25) is 0 Å². The topological polar surface area (TPSA) is 64.0 Å². The summed E-state index contributed by atoms with van der Waals surface area (Å²) in [6, 6.07) is 5.96. The van der Waals surface area contributed by atoms with Crippen LogP contribution >= 0.6 is 23.5 Å². The van der Waals surface area contributed by atoms with Crippen LogP contribution in [-0.2, 0) is 18.3 Å². The van der Waals surface area contributed by atoms with Crippen LogP contribution in [0.5, 0.6) is 0 Å². The number of nitrogens with zero attached hydrogens (tertiary/aromatic N) is 2. The quantitative estimate of drug-likeness (QED) is 0.657. The Morgan fingerprint density at radius 2 is 2.20 bits per heavy atom. The molecule has 0 bridgehead atoms. The molecule has 2 aromatic rings. The minimum Gasteiger partial charge on any atom is -0.325 e. The van der Waals surface area contributed by atoms with E-state index in [1.807, 2.05) is 32.0 Å². The molecule has 132 valence electrons. The maximum Gasteiger partial charge on any atom is 0.267 e. The number of aryl methyl sites for hydroxylation is 2. The number of amides is 1. The van der Waals surface area contributed by atoms with Crippen molar-refractivity contribution < 1.29 is 4.79 Å². The second-order valence-electron chi connectivity index (χ2n) is 6.32. The molecule has 1 amide bonds. The Morgan fingerprint density at radius 3 is 2.96 bits per heavy atom. The van der Waals surface area contributed by atoms with Crippen LogP contribution in [0.25, 0.3) is 0 Å². The number of benzene rings is 1. The Bertz CT molecular complexity index is 893. The highest BCUT2D eigenvalue weighted by atomic mass is 32.2. The molecule has 1 N–H and O–H groups in total. The van der Waals surface area contributed by atoms with Gasteiger partial charge >= 0.3 is 0 Å². The van der Waals surface area contributed by atoms with E-state index in [9.17, 15) is 9.59 Å². The van der Waals surface area contributed by atoms with Crippen LogP contribution in [0.4, 0.5) is 5.69 Å². The first kappa shape index (κ1) is 18.1. The fourth-order valence-electron chi connectivity index (χ4n) is 2.69. The van der Waals surface area contributed by atoms with Gasteiger partial charge in [-0.05, 0) is 31.0 Å². The van der Waals surface area contributed by atoms with Gasteiger partial charge in [0.25, 0.3) is 5.56 Å². The van der Waals surface area contributed by atoms with Crippen molar-refractivity contribution in [3.8, 4) is 0 Å². The van der Waals surface area contributed by atoms with Crippen LogP contribution in [0.15, 0.2) is 33.0 Å². The highest BCUT2D eigenvalue weighted by Crippen LogP contribution is 2.33. The first-order valence-corrected chi connectivity index (χ1v) is 9.98. The second-order valence-corrected chi connectivity index (χ2v) is 8.71. The number of fused-ring (bicyclic) bond motifs is 1. The minimum absolute atomic E-state index is 0.0169. The number of hydrogen-bond donors (Lipinski definition) is 1. The zero-order chi connectivity index (χ0) is 18.1. The average molecular weight is 376 g/mol. The molecule has 1 atom stereocenters. The van der Waals surface area contributed by atoms with E-state index in [1.165, 1.54) is 11.8 Å². The van der Waals surface area contributed by atoms with Gasteiger partial charge in [-0.1, -0.05) is 30.8 Å². The molecule has 0 unspecified atom stereocenters. The van der Waals surface area contributed by atoms with Crippen molar-refractivity contribution in [2.45, 2.75) is 42.5 Å². The molecule has 0 spiro atoms. The number of carbonyl (C=O) groups is 1. The molecule has 7 heteroatoms. The third-order valence-corrected chi connectivity index (χ3v) is 6.32. The predicted molar refractivity (Wildman–Crippen MR) is 104 cm³/mol. The van der Waals surface area contributed by atoms with Gasteiger partial charge in [0, 0.05) is 24.4 Å². The minimum atomic E-state index is -0.101. The Labute approximate surface area is 155 Å². The summed E-state index contributed by atoms with van der Waals surface area (Å²) in [5.41, 5.74) is 3.79. The van der Waals surface area contributed by atoms with Crippen molar-refractivity contribution in [2.24, 2.45) is 7.05 Å². The van der Waals surface area contributed by atoms with E-state index in [4.69, 9.17) is 0 Å². The van der Waals surface area contributed by atoms with Crippen molar-refractivity contribution in [1.82, 2.24) is 9.55 Å². The van der Waals surface area contributed by atoms with Crippen LogP contribution in [-0.4, -0.2) is 26.5 Å². The lowest BCUT2D eigenvalue weighted by Gasteiger charge is -2.11. The molecule has 1 aliphatic rings. The molecule has 2 heterocycles. The van der Waals surface area contributed by atoms with Crippen molar-refractivity contribution in [1.29, 1.82) is 0 Å². The molecule has 3 rings (SSSR count). The van der Waals surface area contributed by atoms with Gasteiger partial charge in [-0.2, -0.15) is 0 Å². The van der Waals surface area contributed by atoms with E-state index in [0.717, 1.165) is 33.8 Å². The normalized spacial score (nSPS) is 15.9. The second kappa shape index (κ2) is 7.25. The van der Waals surface area contributed by atoms with Crippen LogP contribution in [0.1, 0.15) is 23.7 Å². The molecule has 0 aliphatic carbocycles. The van der Waals surface area contributed by atoms with Gasteiger partial charge in [-0.3, -0.25) is 14.2 Å². The molecule has 0 fully saturated rings. The molecule has 1 aliphatic heterocycles. The van der Waals surface area contributed by atoms with Gasteiger partial charge in [0.15, 0.2) is 5.16 Å². The summed E-state index contributed by atoms with van der Waals surface area (Å²) in [7, 11) is 1.71. The lowest BCUT2D eigenvalue weighted by Crippen LogP contribution is -2.23. The van der Waals surface area contributed by atoms with Crippen LogP contribution < -0.4 is 10.9 Å². The molecular weight excluding hydrogens is 354 g/mol. The third kappa shape index (κ3) is 3.93. The molecule has 1 aromatic carbocycles. The number of anilines is 1. The van der Waals surface area contributed by atoms with Crippen molar-refractivity contribution >= 4 is 35.1 Å². The first-order valence-electron chi connectivity index (χ1n) is 8.11. The average Bonchev–Trinajstić information content (AvgIpc) is 2.93.